The first-order chi connectivity index (χ1) is 14.5. The molecule has 3 rings (SSSR count). The molecular formula is C24H30N2O4. The van der Waals surface area contributed by atoms with Crippen molar-refractivity contribution in [2.75, 3.05) is 27.3 Å². The van der Waals surface area contributed by atoms with Gasteiger partial charge in [0.25, 0.3) is 5.91 Å². The van der Waals surface area contributed by atoms with Gasteiger partial charge in [-0.05, 0) is 43.9 Å². The van der Waals surface area contributed by atoms with E-state index >= 15 is 0 Å². The van der Waals surface area contributed by atoms with Crippen LogP contribution in [0.1, 0.15) is 40.7 Å². The highest BCUT2D eigenvalue weighted by molar-refractivity contribution is 5.95. The van der Waals surface area contributed by atoms with E-state index in [-0.39, 0.29) is 17.9 Å². The highest BCUT2D eigenvalue weighted by Gasteiger charge is 2.25. The molecule has 1 aliphatic heterocycles. The van der Waals surface area contributed by atoms with E-state index in [0.29, 0.717) is 36.6 Å². The van der Waals surface area contributed by atoms with Gasteiger partial charge in [-0.3, -0.25) is 9.59 Å². The minimum Gasteiger partial charge on any atom is -0.497 e. The van der Waals surface area contributed by atoms with Crippen LogP contribution in [0.15, 0.2) is 42.5 Å². The van der Waals surface area contributed by atoms with Crippen LogP contribution in [0.4, 0.5) is 0 Å². The number of likely N-dealkylation sites (tertiary alicyclic amines) is 1. The Bertz CT molecular complexity index is 849. The monoisotopic (exact) mass is 410 g/mol. The van der Waals surface area contributed by atoms with E-state index < -0.39 is 0 Å². The van der Waals surface area contributed by atoms with E-state index in [1.165, 1.54) is 11.1 Å². The van der Waals surface area contributed by atoms with E-state index in [0.717, 1.165) is 19.3 Å². The van der Waals surface area contributed by atoms with Crippen LogP contribution in [0, 0.1) is 6.92 Å². The number of carbonyl (C=O) groups is 2. The molecule has 0 bridgehead atoms. The minimum atomic E-state index is -0.0450. The van der Waals surface area contributed by atoms with Crippen LogP contribution in [-0.4, -0.2) is 50.1 Å². The number of piperidine rings is 1. The highest BCUT2D eigenvalue weighted by Crippen LogP contribution is 2.24. The number of hydrogen-bond acceptors (Lipinski definition) is 4. The Kier molecular flexibility index (Phi) is 7.33. The van der Waals surface area contributed by atoms with Crippen molar-refractivity contribution in [1.82, 2.24) is 10.2 Å². The van der Waals surface area contributed by atoms with Crippen LogP contribution >= 0.6 is 0 Å². The minimum absolute atomic E-state index is 0.0450. The van der Waals surface area contributed by atoms with Crippen LogP contribution in [-0.2, 0) is 11.2 Å². The Labute approximate surface area is 178 Å². The molecule has 2 aromatic carbocycles. The first kappa shape index (κ1) is 21.7. The Morgan fingerprint density at radius 2 is 1.60 bits per heavy atom. The van der Waals surface area contributed by atoms with Gasteiger partial charge in [0, 0.05) is 37.2 Å². The van der Waals surface area contributed by atoms with Crippen LogP contribution in [0.5, 0.6) is 11.5 Å². The molecule has 0 aromatic heterocycles. The zero-order valence-electron chi connectivity index (χ0n) is 17.9. The van der Waals surface area contributed by atoms with Crippen molar-refractivity contribution in [1.29, 1.82) is 0 Å². The maximum Gasteiger partial charge on any atom is 0.254 e. The summed E-state index contributed by atoms with van der Waals surface area (Å²) in [6.45, 7) is 3.28. The van der Waals surface area contributed by atoms with Gasteiger partial charge in [-0.25, -0.2) is 0 Å². The highest BCUT2D eigenvalue weighted by atomic mass is 16.5. The van der Waals surface area contributed by atoms with Gasteiger partial charge in [-0.2, -0.15) is 0 Å². The van der Waals surface area contributed by atoms with Crippen LogP contribution in [0.3, 0.4) is 0 Å². The molecule has 160 valence electrons. The molecule has 0 atom stereocenters. The van der Waals surface area contributed by atoms with E-state index in [1.54, 1.807) is 32.4 Å². The molecule has 1 N–H and O–H groups in total. The summed E-state index contributed by atoms with van der Waals surface area (Å²) in [6, 6.07) is 13.6. The van der Waals surface area contributed by atoms with Crippen LogP contribution in [0.2, 0.25) is 0 Å². The second-order valence-electron chi connectivity index (χ2n) is 7.72. The Hall–Kier alpha value is -3.02. The standard InChI is InChI=1S/C24H30N2O4/c1-17-4-6-18(7-5-17)8-9-23(27)25-20-10-12-26(13-11-20)24(28)19-14-21(29-2)16-22(15-19)30-3/h4-7,14-16,20H,8-13H2,1-3H3,(H,25,27). The molecule has 1 saturated heterocycles. The fourth-order valence-electron chi connectivity index (χ4n) is 3.65. The van der Waals surface area contributed by atoms with Gasteiger partial charge in [0.2, 0.25) is 5.91 Å². The summed E-state index contributed by atoms with van der Waals surface area (Å²) >= 11 is 0. The van der Waals surface area contributed by atoms with Gasteiger partial charge in [0.1, 0.15) is 11.5 Å². The quantitative estimate of drug-likeness (QED) is 0.760. The average Bonchev–Trinajstić information content (AvgIpc) is 2.78. The summed E-state index contributed by atoms with van der Waals surface area (Å²) in [5, 5.41) is 3.12. The predicted octanol–water partition coefficient (Wildman–Crippen LogP) is 3.37. The Morgan fingerprint density at radius 1 is 1.00 bits per heavy atom. The normalized spacial score (nSPS) is 14.3. The molecule has 0 aliphatic carbocycles. The maximum absolute atomic E-state index is 12.9. The SMILES string of the molecule is COc1cc(OC)cc(C(=O)N2CCC(NC(=O)CCc3ccc(C)cc3)CC2)c1. The third-order valence-corrected chi connectivity index (χ3v) is 5.51. The van der Waals surface area contributed by atoms with Gasteiger partial charge in [-0.1, -0.05) is 29.8 Å². The lowest BCUT2D eigenvalue weighted by atomic mass is 10.0. The molecule has 1 aliphatic rings. The number of benzene rings is 2. The van der Waals surface area contributed by atoms with Gasteiger partial charge in [-0.15, -0.1) is 0 Å². The van der Waals surface area contributed by atoms with E-state index in [4.69, 9.17) is 9.47 Å². The lowest BCUT2D eigenvalue weighted by molar-refractivity contribution is -0.122. The number of ether oxygens (including phenoxy) is 2. The van der Waals surface area contributed by atoms with E-state index in [2.05, 4.69) is 36.5 Å². The van der Waals surface area contributed by atoms with Crippen LogP contribution < -0.4 is 14.8 Å². The second-order valence-corrected chi connectivity index (χ2v) is 7.72. The van der Waals surface area contributed by atoms with Crippen molar-refractivity contribution in [3.05, 3.63) is 59.2 Å². The molecule has 0 radical (unpaired) electrons. The van der Waals surface area contributed by atoms with E-state index in [9.17, 15) is 9.59 Å². The molecular weight excluding hydrogens is 380 g/mol. The summed E-state index contributed by atoms with van der Waals surface area (Å²) in [4.78, 5) is 27.0. The summed E-state index contributed by atoms with van der Waals surface area (Å²) < 4.78 is 10.5. The van der Waals surface area contributed by atoms with E-state index in [1.807, 2.05) is 4.90 Å². The lowest BCUT2D eigenvalue weighted by Gasteiger charge is -2.32. The average molecular weight is 411 g/mol. The zero-order chi connectivity index (χ0) is 21.5. The number of rotatable bonds is 7. The second kappa shape index (κ2) is 10.1. The van der Waals surface area contributed by atoms with Crippen LogP contribution in [0.25, 0.3) is 0 Å². The summed E-state index contributed by atoms with van der Waals surface area (Å²) in [7, 11) is 3.13. The maximum atomic E-state index is 12.9. The van der Waals surface area contributed by atoms with Crippen molar-refractivity contribution in [2.24, 2.45) is 0 Å². The lowest BCUT2D eigenvalue weighted by Crippen LogP contribution is -2.46. The molecule has 6 nitrogen and oxygen atoms in total. The number of methoxy groups -OCH3 is 2. The van der Waals surface area contributed by atoms with Crippen molar-refractivity contribution in [2.45, 2.75) is 38.6 Å². The fourth-order valence-corrected chi connectivity index (χ4v) is 3.65. The molecule has 0 saturated carbocycles. The number of hydrogen-bond donors (Lipinski definition) is 1. The summed E-state index contributed by atoms with van der Waals surface area (Å²) in [5.41, 5.74) is 2.94. The molecule has 2 aromatic rings. The topological polar surface area (TPSA) is 67.9 Å². The molecule has 6 heteroatoms. The summed E-state index contributed by atoms with van der Waals surface area (Å²) in [6.07, 6.45) is 2.72. The van der Waals surface area contributed by atoms with Crippen molar-refractivity contribution in [3.8, 4) is 11.5 Å². The molecule has 0 spiro atoms. The van der Waals surface area contributed by atoms with Gasteiger partial charge >= 0.3 is 0 Å². The number of nitrogens with zero attached hydrogens (tertiary/aromatic N) is 1. The largest absolute Gasteiger partial charge is 0.497 e. The molecule has 1 heterocycles. The summed E-state index contributed by atoms with van der Waals surface area (Å²) in [5.74, 6) is 1.20. The number of nitrogens with one attached hydrogen (secondary N) is 1. The third-order valence-electron chi connectivity index (χ3n) is 5.51. The van der Waals surface area contributed by atoms with Crippen molar-refractivity contribution >= 4 is 11.8 Å². The number of carbonyl (C=O) groups excluding carboxylic acids is 2. The van der Waals surface area contributed by atoms with Gasteiger partial charge < -0.3 is 19.7 Å². The zero-order valence-corrected chi connectivity index (χ0v) is 17.9. The van der Waals surface area contributed by atoms with Crippen molar-refractivity contribution in [3.63, 3.8) is 0 Å². The fraction of sp³-hybridized carbons (Fsp3) is 0.417. The molecule has 0 unspecified atom stereocenters. The molecule has 2 amide bonds. The smallest absolute Gasteiger partial charge is 0.254 e. The Balaban J connectivity index is 1.47. The van der Waals surface area contributed by atoms with Gasteiger partial charge in [0.05, 0.1) is 14.2 Å². The molecule has 1 fully saturated rings. The van der Waals surface area contributed by atoms with Crippen molar-refractivity contribution < 1.29 is 19.1 Å². The van der Waals surface area contributed by atoms with Gasteiger partial charge in [0.15, 0.2) is 0 Å². The first-order valence-electron chi connectivity index (χ1n) is 10.4. The number of amides is 2. The predicted molar refractivity (Wildman–Crippen MR) is 116 cm³/mol. The first-order valence-corrected chi connectivity index (χ1v) is 10.4. The third kappa shape index (κ3) is 5.75. The molecule has 30 heavy (non-hydrogen) atoms. The number of aryl methyl sites for hydroxylation is 2. The Morgan fingerprint density at radius 3 is 2.17 bits per heavy atom.